The molecule has 0 aromatic heterocycles. The molecule has 0 aliphatic carbocycles. The highest BCUT2D eigenvalue weighted by Crippen LogP contribution is 2.18. The minimum absolute atomic E-state index is 0.294. The molecular weight excluding hydrogens is 219 g/mol. The van der Waals surface area contributed by atoms with Crippen LogP contribution in [0.5, 0.6) is 5.75 Å². The highest BCUT2D eigenvalue weighted by molar-refractivity contribution is 5.29. The minimum Gasteiger partial charge on any atom is -0.491 e. The fourth-order valence-corrected chi connectivity index (χ4v) is 1.51. The summed E-state index contributed by atoms with van der Waals surface area (Å²) in [6.07, 6.45) is 0. The van der Waals surface area contributed by atoms with E-state index >= 15 is 0 Å². The van der Waals surface area contributed by atoms with Crippen LogP contribution in [0.2, 0.25) is 0 Å². The van der Waals surface area contributed by atoms with Crippen molar-refractivity contribution in [1.29, 1.82) is 0 Å². The van der Waals surface area contributed by atoms with E-state index in [1.54, 1.807) is 6.07 Å². The molecule has 0 spiro atoms. The molecule has 0 fully saturated rings. The fraction of sp³-hybridized carbons (Fsp3) is 0.538. The molecule has 3 nitrogen and oxygen atoms in total. The van der Waals surface area contributed by atoms with Crippen LogP contribution in [0.15, 0.2) is 18.2 Å². The van der Waals surface area contributed by atoms with Gasteiger partial charge in [0, 0.05) is 19.6 Å². The van der Waals surface area contributed by atoms with Crippen LogP contribution in [0.4, 0.5) is 4.39 Å². The molecule has 0 aliphatic rings. The zero-order chi connectivity index (χ0) is 12.5. The number of likely N-dealkylation sites (N-methyl/N-ethyl adjacent to an activating group) is 1. The first kappa shape index (κ1) is 13.9. The first-order valence-corrected chi connectivity index (χ1v) is 6.10. The van der Waals surface area contributed by atoms with E-state index in [0.29, 0.717) is 18.9 Å². The van der Waals surface area contributed by atoms with Crippen LogP contribution >= 0.6 is 0 Å². The third-order valence-corrected chi connectivity index (χ3v) is 2.35. The number of halogens is 1. The predicted molar refractivity (Wildman–Crippen MR) is 67.8 cm³/mol. The van der Waals surface area contributed by atoms with Crippen LogP contribution in [-0.2, 0) is 6.54 Å². The second kappa shape index (κ2) is 8.03. The van der Waals surface area contributed by atoms with Gasteiger partial charge in [-0.2, -0.15) is 0 Å². The fourth-order valence-electron chi connectivity index (χ4n) is 1.51. The van der Waals surface area contributed by atoms with Crippen LogP contribution in [0.3, 0.4) is 0 Å². The van der Waals surface area contributed by atoms with Gasteiger partial charge in [-0.3, -0.25) is 0 Å². The van der Waals surface area contributed by atoms with E-state index < -0.39 is 0 Å². The molecule has 0 bridgehead atoms. The Morgan fingerprint density at radius 2 is 1.94 bits per heavy atom. The van der Waals surface area contributed by atoms with Crippen molar-refractivity contribution in [1.82, 2.24) is 10.6 Å². The van der Waals surface area contributed by atoms with Gasteiger partial charge in [-0.15, -0.1) is 0 Å². The van der Waals surface area contributed by atoms with Gasteiger partial charge in [-0.1, -0.05) is 13.0 Å². The molecule has 0 saturated carbocycles. The Balaban J connectivity index is 2.36. The van der Waals surface area contributed by atoms with E-state index in [1.807, 2.05) is 13.0 Å². The van der Waals surface area contributed by atoms with E-state index in [2.05, 4.69) is 17.6 Å². The summed E-state index contributed by atoms with van der Waals surface area (Å²) in [5, 5.41) is 6.46. The molecule has 96 valence electrons. The van der Waals surface area contributed by atoms with E-state index in [9.17, 15) is 4.39 Å². The van der Waals surface area contributed by atoms with Gasteiger partial charge in [0.2, 0.25) is 0 Å². The number of hydrogen-bond acceptors (Lipinski definition) is 3. The maximum absolute atomic E-state index is 13.5. The smallest absolute Gasteiger partial charge is 0.165 e. The minimum atomic E-state index is -0.294. The van der Waals surface area contributed by atoms with Crippen LogP contribution in [0.1, 0.15) is 19.4 Å². The SMILES string of the molecule is CCNCCNCc1ccc(OCC)c(F)c1. The van der Waals surface area contributed by atoms with E-state index in [4.69, 9.17) is 4.74 Å². The highest BCUT2D eigenvalue weighted by atomic mass is 19.1. The Kier molecular flexibility index (Phi) is 6.58. The van der Waals surface area contributed by atoms with Gasteiger partial charge in [0.05, 0.1) is 6.61 Å². The van der Waals surface area contributed by atoms with Crippen molar-refractivity contribution in [2.45, 2.75) is 20.4 Å². The third-order valence-electron chi connectivity index (χ3n) is 2.35. The number of hydrogen-bond donors (Lipinski definition) is 2. The predicted octanol–water partition coefficient (Wildman–Crippen LogP) is 1.92. The summed E-state index contributed by atoms with van der Waals surface area (Å²) in [5.41, 5.74) is 0.933. The van der Waals surface area contributed by atoms with Gasteiger partial charge in [0.1, 0.15) is 0 Å². The summed E-state index contributed by atoms with van der Waals surface area (Å²) in [4.78, 5) is 0. The Morgan fingerprint density at radius 3 is 2.59 bits per heavy atom. The molecule has 0 unspecified atom stereocenters. The third kappa shape index (κ3) is 5.15. The van der Waals surface area contributed by atoms with Crippen molar-refractivity contribution in [2.24, 2.45) is 0 Å². The Morgan fingerprint density at radius 1 is 1.18 bits per heavy atom. The molecule has 0 radical (unpaired) electrons. The normalized spacial score (nSPS) is 10.5. The lowest BCUT2D eigenvalue weighted by atomic mass is 10.2. The van der Waals surface area contributed by atoms with Crippen LogP contribution in [0, 0.1) is 5.82 Å². The molecule has 17 heavy (non-hydrogen) atoms. The highest BCUT2D eigenvalue weighted by Gasteiger charge is 2.03. The number of ether oxygens (including phenoxy) is 1. The van der Waals surface area contributed by atoms with Crippen molar-refractivity contribution in [3.8, 4) is 5.75 Å². The molecule has 2 N–H and O–H groups in total. The topological polar surface area (TPSA) is 33.3 Å². The van der Waals surface area contributed by atoms with Gasteiger partial charge in [-0.25, -0.2) is 4.39 Å². The summed E-state index contributed by atoms with van der Waals surface area (Å²) >= 11 is 0. The molecule has 0 aliphatic heterocycles. The number of rotatable bonds is 8. The first-order valence-electron chi connectivity index (χ1n) is 6.10. The zero-order valence-electron chi connectivity index (χ0n) is 10.6. The summed E-state index contributed by atoms with van der Waals surface area (Å²) in [6.45, 7) is 7.85. The van der Waals surface area contributed by atoms with Gasteiger partial charge in [-0.05, 0) is 31.2 Å². The lowest BCUT2D eigenvalue weighted by molar-refractivity contribution is 0.321. The Bertz CT molecular complexity index is 331. The van der Waals surface area contributed by atoms with Crippen LogP contribution in [-0.4, -0.2) is 26.2 Å². The van der Waals surface area contributed by atoms with Gasteiger partial charge in [0.25, 0.3) is 0 Å². The molecule has 1 rings (SSSR count). The summed E-state index contributed by atoms with van der Waals surface area (Å²) < 4.78 is 18.6. The molecule has 0 heterocycles. The maximum Gasteiger partial charge on any atom is 0.165 e. The molecule has 1 aromatic rings. The molecule has 0 saturated heterocycles. The first-order chi connectivity index (χ1) is 8.27. The van der Waals surface area contributed by atoms with Crippen molar-refractivity contribution >= 4 is 0 Å². The lowest BCUT2D eigenvalue weighted by Gasteiger charge is -2.08. The van der Waals surface area contributed by atoms with Crippen LogP contribution in [0.25, 0.3) is 0 Å². The van der Waals surface area contributed by atoms with Gasteiger partial charge >= 0.3 is 0 Å². The van der Waals surface area contributed by atoms with Crippen molar-refractivity contribution < 1.29 is 9.13 Å². The largest absolute Gasteiger partial charge is 0.491 e. The average Bonchev–Trinajstić information content (AvgIpc) is 2.32. The maximum atomic E-state index is 13.5. The van der Waals surface area contributed by atoms with Crippen molar-refractivity contribution in [2.75, 3.05) is 26.2 Å². The van der Waals surface area contributed by atoms with Crippen molar-refractivity contribution in [3.05, 3.63) is 29.6 Å². The van der Waals surface area contributed by atoms with E-state index in [0.717, 1.165) is 25.2 Å². The molecule has 1 aromatic carbocycles. The van der Waals surface area contributed by atoms with E-state index in [-0.39, 0.29) is 5.82 Å². The van der Waals surface area contributed by atoms with Crippen LogP contribution < -0.4 is 15.4 Å². The lowest BCUT2D eigenvalue weighted by Crippen LogP contribution is -2.26. The second-order valence-corrected chi connectivity index (χ2v) is 3.73. The standard InChI is InChI=1S/C13H21FN2O/c1-3-15-7-8-16-10-11-5-6-13(17-4-2)12(14)9-11/h5-6,9,15-16H,3-4,7-8,10H2,1-2H3. The van der Waals surface area contributed by atoms with E-state index in [1.165, 1.54) is 6.07 Å². The number of nitrogens with one attached hydrogen (secondary N) is 2. The summed E-state index contributed by atoms with van der Waals surface area (Å²) in [5.74, 6) is 0.0294. The van der Waals surface area contributed by atoms with Crippen molar-refractivity contribution in [3.63, 3.8) is 0 Å². The summed E-state index contributed by atoms with van der Waals surface area (Å²) in [6, 6.07) is 5.08. The zero-order valence-corrected chi connectivity index (χ0v) is 10.6. The monoisotopic (exact) mass is 240 g/mol. The Hall–Kier alpha value is -1.13. The van der Waals surface area contributed by atoms with Gasteiger partial charge < -0.3 is 15.4 Å². The average molecular weight is 240 g/mol. The second-order valence-electron chi connectivity index (χ2n) is 3.73. The molecule has 0 amide bonds. The van der Waals surface area contributed by atoms with Gasteiger partial charge in [0.15, 0.2) is 11.6 Å². The Labute approximate surface area is 102 Å². The molecule has 4 heteroatoms. The number of benzene rings is 1. The quantitative estimate of drug-likeness (QED) is 0.681. The summed E-state index contributed by atoms with van der Waals surface area (Å²) in [7, 11) is 0. The molecular formula is C13H21FN2O. The molecule has 0 atom stereocenters.